The van der Waals surface area contributed by atoms with Gasteiger partial charge in [0.25, 0.3) is 5.91 Å². The highest BCUT2D eigenvalue weighted by Crippen LogP contribution is 2.26. The van der Waals surface area contributed by atoms with Crippen molar-refractivity contribution >= 4 is 23.5 Å². The van der Waals surface area contributed by atoms with Crippen LogP contribution in [0.15, 0.2) is 42.7 Å². The van der Waals surface area contributed by atoms with Gasteiger partial charge in [0.2, 0.25) is 5.95 Å². The molecule has 2 aromatic rings. The standard InChI is InChI=1S/C21H26ClN5O3/c22-17-4-2-16(3-5-17)19(29)27-9-6-21(30,18(28)14-27)15-25-10-12-26(13-11-25)20-23-7-1-8-24-20/h1-5,7-8,18,28,30H,6,9-15H2/t18-,21-/m0/s1. The number of hydrogen-bond donors (Lipinski definition) is 2. The Bertz CT molecular complexity index is 861. The van der Waals surface area contributed by atoms with E-state index in [4.69, 9.17) is 11.6 Å². The molecule has 2 aliphatic rings. The molecule has 2 fully saturated rings. The van der Waals surface area contributed by atoms with Crippen LogP contribution in [0.3, 0.4) is 0 Å². The molecule has 30 heavy (non-hydrogen) atoms. The number of carbonyl (C=O) groups is 1. The molecule has 1 aromatic carbocycles. The van der Waals surface area contributed by atoms with E-state index < -0.39 is 11.7 Å². The summed E-state index contributed by atoms with van der Waals surface area (Å²) in [5.74, 6) is 0.550. The first-order valence-corrected chi connectivity index (χ1v) is 10.5. The normalized spacial score (nSPS) is 25.4. The molecular formula is C21H26ClN5O3. The second-order valence-electron chi connectivity index (χ2n) is 7.94. The van der Waals surface area contributed by atoms with Gasteiger partial charge in [-0.2, -0.15) is 0 Å². The summed E-state index contributed by atoms with van der Waals surface area (Å²) in [5, 5.41) is 22.3. The average molecular weight is 432 g/mol. The first-order chi connectivity index (χ1) is 14.4. The molecule has 0 radical (unpaired) electrons. The number of piperidine rings is 1. The van der Waals surface area contributed by atoms with Crippen molar-refractivity contribution in [1.29, 1.82) is 0 Å². The molecule has 0 saturated carbocycles. The molecular weight excluding hydrogens is 406 g/mol. The molecule has 1 amide bonds. The highest BCUT2D eigenvalue weighted by atomic mass is 35.5. The SMILES string of the molecule is O=C(c1ccc(Cl)cc1)N1CC[C@](O)(CN2CCN(c3ncccn3)CC2)[C@@H](O)C1. The number of hydrogen-bond acceptors (Lipinski definition) is 7. The number of carbonyl (C=O) groups excluding carboxylic acids is 1. The van der Waals surface area contributed by atoms with E-state index in [1.807, 2.05) is 0 Å². The summed E-state index contributed by atoms with van der Waals surface area (Å²) in [5.41, 5.74) is -0.710. The lowest BCUT2D eigenvalue weighted by molar-refractivity contribution is -0.125. The smallest absolute Gasteiger partial charge is 0.253 e. The quantitative estimate of drug-likeness (QED) is 0.742. The first kappa shape index (κ1) is 21.0. The minimum Gasteiger partial charge on any atom is -0.388 e. The van der Waals surface area contributed by atoms with Gasteiger partial charge in [-0.15, -0.1) is 0 Å². The first-order valence-electron chi connectivity index (χ1n) is 10.1. The maximum atomic E-state index is 12.7. The molecule has 0 spiro atoms. The second kappa shape index (κ2) is 8.85. The molecule has 9 heteroatoms. The Kier molecular flexibility index (Phi) is 6.19. The van der Waals surface area contributed by atoms with Crippen LogP contribution in [0, 0.1) is 0 Å². The number of β-amino-alcohol motifs (C(OH)–C–C–N with tert-alkyl or cyclic N) is 2. The van der Waals surface area contributed by atoms with Crippen LogP contribution in [0.5, 0.6) is 0 Å². The Hall–Kier alpha value is -2.26. The van der Waals surface area contributed by atoms with Crippen molar-refractivity contribution in [3.8, 4) is 0 Å². The number of aromatic nitrogens is 2. The van der Waals surface area contributed by atoms with Crippen LogP contribution >= 0.6 is 11.6 Å². The molecule has 2 saturated heterocycles. The highest BCUT2D eigenvalue weighted by molar-refractivity contribution is 6.30. The molecule has 160 valence electrons. The van der Waals surface area contributed by atoms with Gasteiger partial charge >= 0.3 is 0 Å². The fourth-order valence-electron chi connectivity index (χ4n) is 4.06. The third-order valence-corrected chi connectivity index (χ3v) is 6.16. The number of aliphatic hydroxyl groups is 2. The lowest BCUT2D eigenvalue weighted by Crippen LogP contribution is -2.62. The molecule has 0 bridgehead atoms. The molecule has 2 atom stereocenters. The second-order valence-corrected chi connectivity index (χ2v) is 8.38. The van der Waals surface area contributed by atoms with Gasteiger partial charge in [0.1, 0.15) is 11.7 Å². The minimum atomic E-state index is -1.23. The van der Waals surface area contributed by atoms with Crippen molar-refractivity contribution in [1.82, 2.24) is 19.8 Å². The molecule has 8 nitrogen and oxygen atoms in total. The highest BCUT2D eigenvalue weighted by Gasteiger charge is 2.43. The number of nitrogens with zero attached hydrogens (tertiary/aromatic N) is 5. The number of halogens is 1. The summed E-state index contributed by atoms with van der Waals surface area (Å²) < 4.78 is 0. The van der Waals surface area contributed by atoms with E-state index >= 15 is 0 Å². The predicted molar refractivity (Wildman–Crippen MR) is 114 cm³/mol. The van der Waals surface area contributed by atoms with Crippen molar-refractivity contribution < 1.29 is 15.0 Å². The molecule has 1 aromatic heterocycles. The van der Waals surface area contributed by atoms with Gasteiger partial charge in [0.05, 0.1) is 0 Å². The van der Waals surface area contributed by atoms with Crippen LogP contribution in [0.25, 0.3) is 0 Å². The van der Waals surface area contributed by atoms with Crippen molar-refractivity contribution in [2.24, 2.45) is 0 Å². The fourth-order valence-corrected chi connectivity index (χ4v) is 4.18. The molecule has 4 rings (SSSR count). The van der Waals surface area contributed by atoms with E-state index in [0.717, 1.165) is 26.2 Å². The van der Waals surface area contributed by atoms with Gasteiger partial charge in [0, 0.05) is 68.8 Å². The van der Waals surface area contributed by atoms with Crippen LogP contribution < -0.4 is 4.90 Å². The molecule has 2 aliphatic heterocycles. The van der Waals surface area contributed by atoms with E-state index in [2.05, 4.69) is 19.8 Å². The third kappa shape index (κ3) is 4.57. The zero-order valence-electron chi connectivity index (χ0n) is 16.7. The number of piperazine rings is 1. The molecule has 2 N–H and O–H groups in total. The van der Waals surface area contributed by atoms with Gasteiger partial charge in [-0.1, -0.05) is 11.6 Å². The van der Waals surface area contributed by atoms with Gasteiger partial charge < -0.3 is 20.0 Å². The predicted octanol–water partition coefficient (Wildman–Crippen LogP) is 0.890. The minimum absolute atomic E-state index is 0.107. The largest absolute Gasteiger partial charge is 0.388 e. The summed E-state index contributed by atoms with van der Waals surface area (Å²) in [4.78, 5) is 27.1. The third-order valence-electron chi connectivity index (χ3n) is 5.91. The summed E-state index contributed by atoms with van der Waals surface area (Å²) in [7, 11) is 0. The Balaban J connectivity index is 1.31. The number of likely N-dealkylation sites (tertiary alicyclic amines) is 1. The van der Waals surface area contributed by atoms with Gasteiger partial charge in [-0.3, -0.25) is 9.69 Å². The van der Waals surface area contributed by atoms with Crippen LogP contribution in [0.4, 0.5) is 5.95 Å². The van der Waals surface area contributed by atoms with E-state index in [1.54, 1.807) is 47.6 Å². The Labute approximate surface area is 180 Å². The lowest BCUT2D eigenvalue weighted by Gasteiger charge is -2.45. The number of benzene rings is 1. The summed E-state index contributed by atoms with van der Waals surface area (Å²) in [6.45, 7) is 3.90. The van der Waals surface area contributed by atoms with Gasteiger partial charge in [0.15, 0.2) is 0 Å². The zero-order chi connectivity index (χ0) is 21.1. The number of aliphatic hydroxyl groups excluding tert-OH is 1. The molecule has 0 unspecified atom stereocenters. The van der Waals surface area contributed by atoms with Crippen LogP contribution in [-0.2, 0) is 0 Å². The zero-order valence-corrected chi connectivity index (χ0v) is 17.4. The number of anilines is 1. The van der Waals surface area contributed by atoms with E-state index in [0.29, 0.717) is 36.0 Å². The van der Waals surface area contributed by atoms with Gasteiger partial charge in [-0.05, 0) is 36.8 Å². The Morgan fingerprint density at radius 2 is 1.77 bits per heavy atom. The average Bonchev–Trinajstić information content (AvgIpc) is 2.77. The Morgan fingerprint density at radius 1 is 1.10 bits per heavy atom. The summed E-state index contributed by atoms with van der Waals surface area (Å²) >= 11 is 5.89. The topological polar surface area (TPSA) is 93.0 Å². The fraction of sp³-hybridized carbons (Fsp3) is 0.476. The maximum Gasteiger partial charge on any atom is 0.253 e. The lowest BCUT2D eigenvalue weighted by atomic mass is 9.87. The van der Waals surface area contributed by atoms with Crippen LogP contribution in [0.2, 0.25) is 5.02 Å². The Morgan fingerprint density at radius 3 is 2.40 bits per heavy atom. The number of amides is 1. The monoisotopic (exact) mass is 431 g/mol. The van der Waals surface area contributed by atoms with Crippen molar-refractivity contribution in [3.05, 3.63) is 53.3 Å². The van der Waals surface area contributed by atoms with Crippen molar-refractivity contribution in [2.75, 3.05) is 50.7 Å². The molecule has 0 aliphatic carbocycles. The number of rotatable bonds is 4. The van der Waals surface area contributed by atoms with Gasteiger partial charge in [-0.25, -0.2) is 9.97 Å². The van der Waals surface area contributed by atoms with E-state index in [-0.39, 0.29) is 12.5 Å². The van der Waals surface area contributed by atoms with E-state index in [9.17, 15) is 15.0 Å². The molecule has 3 heterocycles. The summed E-state index contributed by atoms with van der Waals surface area (Å²) in [6, 6.07) is 8.49. The van der Waals surface area contributed by atoms with E-state index in [1.165, 1.54) is 0 Å². The summed E-state index contributed by atoms with van der Waals surface area (Å²) in [6.07, 6.45) is 2.79. The van der Waals surface area contributed by atoms with Crippen LogP contribution in [0.1, 0.15) is 16.8 Å². The van der Waals surface area contributed by atoms with Crippen molar-refractivity contribution in [2.45, 2.75) is 18.1 Å². The van der Waals surface area contributed by atoms with Crippen LogP contribution in [-0.4, -0.2) is 93.4 Å². The maximum absolute atomic E-state index is 12.7. The van der Waals surface area contributed by atoms with Crippen molar-refractivity contribution in [3.63, 3.8) is 0 Å².